The summed E-state index contributed by atoms with van der Waals surface area (Å²) >= 11 is 0. The average Bonchev–Trinajstić information content (AvgIpc) is 2.15. The highest BCUT2D eigenvalue weighted by Crippen LogP contribution is 2.44. The first-order valence-corrected chi connectivity index (χ1v) is 4.65. The molecule has 0 bridgehead atoms. The summed E-state index contributed by atoms with van der Waals surface area (Å²) in [5.74, 6) is 0.213. The molecule has 0 atom stereocenters. The Labute approximate surface area is 72.6 Å². The van der Waals surface area contributed by atoms with Crippen molar-refractivity contribution < 1.29 is 9.63 Å². The van der Waals surface area contributed by atoms with E-state index in [0.717, 1.165) is 19.4 Å². The van der Waals surface area contributed by atoms with Crippen molar-refractivity contribution in [3.63, 3.8) is 0 Å². The van der Waals surface area contributed by atoms with Gasteiger partial charge in [-0.1, -0.05) is 19.3 Å². The van der Waals surface area contributed by atoms with Crippen LogP contribution < -0.4 is 0 Å². The minimum atomic E-state index is -0.00569. The van der Waals surface area contributed by atoms with Gasteiger partial charge < -0.3 is 0 Å². The zero-order chi connectivity index (χ0) is 8.60. The second-order valence-corrected chi connectivity index (χ2v) is 3.87. The zero-order valence-corrected chi connectivity index (χ0v) is 7.51. The zero-order valence-electron chi connectivity index (χ0n) is 7.51. The molecule has 12 heavy (non-hydrogen) atoms. The number of amides is 1. The molecule has 0 unspecified atom stereocenters. The van der Waals surface area contributed by atoms with Gasteiger partial charge in [-0.2, -0.15) is 0 Å². The van der Waals surface area contributed by atoms with Crippen LogP contribution in [-0.2, 0) is 9.63 Å². The number of β-lactam (4-membered cyclic amide) rings is 1. The molecule has 3 nitrogen and oxygen atoms in total. The molecule has 0 radical (unpaired) electrons. The lowest BCUT2D eigenvalue weighted by Gasteiger charge is -2.48. The molecule has 0 aromatic heterocycles. The molecular formula is C9H15NO2. The fraction of sp³-hybridized carbons (Fsp3) is 0.889. The van der Waals surface area contributed by atoms with E-state index in [-0.39, 0.29) is 11.3 Å². The molecule has 0 aromatic rings. The second-order valence-electron chi connectivity index (χ2n) is 3.87. The molecule has 0 N–H and O–H groups in total. The van der Waals surface area contributed by atoms with Gasteiger partial charge in [-0.3, -0.25) is 9.63 Å². The molecule has 1 aliphatic heterocycles. The van der Waals surface area contributed by atoms with E-state index in [1.165, 1.54) is 24.3 Å². The van der Waals surface area contributed by atoms with E-state index >= 15 is 0 Å². The maximum Gasteiger partial charge on any atom is 0.254 e. The summed E-state index contributed by atoms with van der Waals surface area (Å²) in [5, 5.41) is 1.48. The molecular weight excluding hydrogens is 154 g/mol. The third kappa shape index (κ3) is 0.959. The highest BCUT2D eigenvalue weighted by molar-refractivity contribution is 5.87. The summed E-state index contributed by atoms with van der Waals surface area (Å²) in [6.45, 7) is 0.822. The van der Waals surface area contributed by atoms with E-state index < -0.39 is 0 Å². The third-order valence-corrected chi connectivity index (χ3v) is 3.16. The molecule has 1 saturated heterocycles. The first-order valence-electron chi connectivity index (χ1n) is 4.65. The quantitative estimate of drug-likeness (QED) is 0.554. The van der Waals surface area contributed by atoms with Crippen molar-refractivity contribution in [2.24, 2.45) is 5.41 Å². The Balaban J connectivity index is 2.01. The van der Waals surface area contributed by atoms with E-state index in [1.54, 1.807) is 7.11 Å². The minimum absolute atomic E-state index is 0.00569. The lowest BCUT2D eigenvalue weighted by molar-refractivity contribution is -0.231. The van der Waals surface area contributed by atoms with Gasteiger partial charge in [0.15, 0.2) is 0 Å². The lowest BCUT2D eigenvalue weighted by Crippen LogP contribution is -2.61. The molecule has 1 aliphatic carbocycles. The van der Waals surface area contributed by atoms with Crippen LogP contribution in [0.15, 0.2) is 0 Å². The first-order chi connectivity index (χ1) is 5.78. The number of rotatable bonds is 1. The van der Waals surface area contributed by atoms with Gasteiger partial charge in [0.2, 0.25) is 0 Å². The van der Waals surface area contributed by atoms with Crippen LogP contribution in [0.25, 0.3) is 0 Å². The summed E-state index contributed by atoms with van der Waals surface area (Å²) in [6.07, 6.45) is 5.87. The molecule has 1 spiro atoms. The molecule has 2 aliphatic rings. The molecule has 1 saturated carbocycles. The van der Waals surface area contributed by atoms with Crippen molar-refractivity contribution >= 4 is 5.91 Å². The molecule has 2 rings (SSSR count). The van der Waals surface area contributed by atoms with Gasteiger partial charge >= 0.3 is 0 Å². The largest absolute Gasteiger partial charge is 0.274 e. The Bertz CT molecular complexity index is 197. The Hall–Kier alpha value is -0.570. The summed E-state index contributed by atoms with van der Waals surface area (Å²) in [7, 11) is 1.56. The van der Waals surface area contributed by atoms with Gasteiger partial charge in [0.05, 0.1) is 19.1 Å². The van der Waals surface area contributed by atoms with Crippen LogP contribution in [0.2, 0.25) is 0 Å². The van der Waals surface area contributed by atoms with Crippen molar-refractivity contribution in [3.8, 4) is 0 Å². The number of nitrogens with zero attached hydrogens (tertiary/aromatic N) is 1. The molecule has 1 heterocycles. The van der Waals surface area contributed by atoms with Crippen LogP contribution in [0.3, 0.4) is 0 Å². The summed E-state index contributed by atoms with van der Waals surface area (Å²) in [4.78, 5) is 16.5. The second kappa shape index (κ2) is 2.73. The van der Waals surface area contributed by atoms with Gasteiger partial charge in [-0.05, 0) is 12.8 Å². The van der Waals surface area contributed by atoms with E-state index in [0.29, 0.717) is 0 Å². The predicted octanol–water partition coefficient (Wildman–Crippen LogP) is 1.34. The van der Waals surface area contributed by atoms with Crippen molar-refractivity contribution in [1.82, 2.24) is 5.06 Å². The smallest absolute Gasteiger partial charge is 0.254 e. The van der Waals surface area contributed by atoms with E-state index in [9.17, 15) is 4.79 Å². The van der Waals surface area contributed by atoms with Gasteiger partial charge in [0.1, 0.15) is 0 Å². The molecule has 2 fully saturated rings. The van der Waals surface area contributed by atoms with E-state index in [2.05, 4.69) is 0 Å². The Morgan fingerprint density at radius 3 is 2.50 bits per heavy atom. The standard InChI is InChI=1S/C9H15NO2/c1-12-10-7-9(8(10)11)5-3-2-4-6-9/h2-7H2,1H3. The Morgan fingerprint density at radius 2 is 2.00 bits per heavy atom. The lowest BCUT2D eigenvalue weighted by atomic mass is 9.69. The van der Waals surface area contributed by atoms with Gasteiger partial charge in [-0.25, -0.2) is 5.06 Å². The molecule has 0 aromatic carbocycles. The number of carbonyl (C=O) groups excluding carboxylic acids is 1. The molecule has 3 heteroatoms. The van der Waals surface area contributed by atoms with Crippen molar-refractivity contribution in [2.45, 2.75) is 32.1 Å². The van der Waals surface area contributed by atoms with Crippen molar-refractivity contribution in [1.29, 1.82) is 0 Å². The summed E-state index contributed by atoms with van der Waals surface area (Å²) in [6, 6.07) is 0. The number of hydroxylamine groups is 2. The summed E-state index contributed by atoms with van der Waals surface area (Å²) < 4.78 is 0. The predicted molar refractivity (Wildman–Crippen MR) is 44.2 cm³/mol. The maximum absolute atomic E-state index is 11.6. The molecule has 1 amide bonds. The monoisotopic (exact) mass is 169 g/mol. The summed E-state index contributed by atoms with van der Waals surface area (Å²) in [5.41, 5.74) is -0.00569. The van der Waals surface area contributed by atoms with Crippen molar-refractivity contribution in [3.05, 3.63) is 0 Å². The number of hydrogen-bond donors (Lipinski definition) is 0. The molecule has 68 valence electrons. The van der Waals surface area contributed by atoms with Gasteiger partial charge in [-0.15, -0.1) is 0 Å². The highest BCUT2D eigenvalue weighted by atomic mass is 16.7. The van der Waals surface area contributed by atoms with E-state index in [4.69, 9.17) is 4.84 Å². The normalized spacial score (nSPS) is 27.4. The maximum atomic E-state index is 11.6. The Morgan fingerprint density at radius 1 is 1.33 bits per heavy atom. The topological polar surface area (TPSA) is 29.5 Å². The Kier molecular flexibility index (Phi) is 1.83. The van der Waals surface area contributed by atoms with Crippen molar-refractivity contribution in [2.75, 3.05) is 13.7 Å². The van der Waals surface area contributed by atoms with Gasteiger partial charge in [0, 0.05) is 0 Å². The van der Waals surface area contributed by atoms with Crippen LogP contribution in [0.5, 0.6) is 0 Å². The average molecular weight is 169 g/mol. The van der Waals surface area contributed by atoms with E-state index in [1.807, 2.05) is 0 Å². The third-order valence-electron chi connectivity index (χ3n) is 3.16. The number of carbonyl (C=O) groups is 1. The van der Waals surface area contributed by atoms with Gasteiger partial charge in [0.25, 0.3) is 5.91 Å². The van der Waals surface area contributed by atoms with Crippen LogP contribution >= 0.6 is 0 Å². The fourth-order valence-electron chi connectivity index (χ4n) is 2.34. The first kappa shape index (κ1) is 8.05. The highest BCUT2D eigenvalue weighted by Gasteiger charge is 2.52. The fourth-order valence-corrected chi connectivity index (χ4v) is 2.34. The van der Waals surface area contributed by atoms with Crippen LogP contribution in [0.1, 0.15) is 32.1 Å². The van der Waals surface area contributed by atoms with Crippen LogP contribution in [-0.4, -0.2) is 24.6 Å². The van der Waals surface area contributed by atoms with Crippen LogP contribution in [0.4, 0.5) is 0 Å². The SMILES string of the molecule is CON1CC2(CCCCC2)C1=O. The van der Waals surface area contributed by atoms with Crippen LogP contribution in [0, 0.1) is 5.41 Å². The number of hydrogen-bond acceptors (Lipinski definition) is 2. The minimum Gasteiger partial charge on any atom is -0.274 e.